The van der Waals surface area contributed by atoms with Gasteiger partial charge in [0.2, 0.25) is 0 Å². The van der Waals surface area contributed by atoms with E-state index in [1.165, 1.54) is 0 Å². The van der Waals surface area contributed by atoms with Gasteiger partial charge in [0.15, 0.2) is 0 Å². The first-order chi connectivity index (χ1) is 7.83. The van der Waals surface area contributed by atoms with Crippen LogP contribution in [0.25, 0.3) is 0 Å². The zero-order chi connectivity index (χ0) is 13.1. The van der Waals surface area contributed by atoms with Crippen LogP contribution in [0.15, 0.2) is 0 Å². The van der Waals surface area contributed by atoms with Gasteiger partial charge >= 0.3 is 5.97 Å². The van der Waals surface area contributed by atoms with E-state index >= 15 is 0 Å². The van der Waals surface area contributed by atoms with Gasteiger partial charge in [-0.25, -0.2) is 4.79 Å². The van der Waals surface area contributed by atoms with Crippen LogP contribution in [0.1, 0.15) is 33.6 Å². The van der Waals surface area contributed by atoms with Gasteiger partial charge in [0.05, 0.1) is 18.6 Å². The van der Waals surface area contributed by atoms with E-state index in [4.69, 9.17) is 4.84 Å². The van der Waals surface area contributed by atoms with Gasteiger partial charge < -0.3 is 15.1 Å². The quantitative estimate of drug-likeness (QED) is 0.760. The van der Waals surface area contributed by atoms with Gasteiger partial charge in [-0.2, -0.15) is 0 Å². The SMILES string of the molecule is CC(C)(C)C(=O)ON1CCCC(CO)(CO)C1. The number of carbonyl (C=O) groups excluding carboxylic acids is 1. The van der Waals surface area contributed by atoms with Crippen LogP contribution in [0.5, 0.6) is 0 Å². The summed E-state index contributed by atoms with van der Waals surface area (Å²) in [5.74, 6) is -0.288. The van der Waals surface area contributed by atoms with Crippen LogP contribution >= 0.6 is 0 Å². The minimum atomic E-state index is -0.545. The molecule has 5 heteroatoms. The molecule has 17 heavy (non-hydrogen) atoms. The van der Waals surface area contributed by atoms with Crippen LogP contribution in [0, 0.1) is 10.8 Å². The molecule has 5 nitrogen and oxygen atoms in total. The zero-order valence-electron chi connectivity index (χ0n) is 10.9. The van der Waals surface area contributed by atoms with Crippen molar-refractivity contribution >= 4 is 5.97 Å². The lowest BCUT2D eigenvalue weighted by atomic mass is 9.82. The number of nitrogens with zero attached hydrogens (tertiary/aromatic N) is 1. The fraction of sp³-hybridized carbons (Fsp3) is 0.917. The Morgan fingerprint density at radius 1 is 1.35 bits per heavy atom. The van der Waals surface area contributed by atoms with Crippen molar-refractivity contribution in [2.45, 2.75) is 33.6 Å². The van der Waals surface area contributed by atoms with E-state index in [0.717, 1.165) is 12.8 Å². The molecule has 0 aliphatic carbocycles. The molecule has 0 aromatic rings. The van der Waals surface area contributed by atoms with Crippen molar-refractivity contribution in [2.75, 3.05) is 26.3 Å². The Bertz CT molecular complexity index is 268. The van der Waals surface area contributed by atoms with Gasteiger partial charge in [-0.3, -0.25) is 0 Å². The van der Waals surface area contributed by atoms with E-state index in [-0.39, 0.29) is 19.2 Å². The van der Waals surface area contributed by atoms with E-state index in [2.05, 4.69) is 0 Å². The summed E-state index contributed by atoms with van der Waals surface area (Å²) < 4.78 is 0. The third-order valence-electron chi connectivity index (χ3n) is 3.12. The highest BCUT2D eigenvalue weighted by Crippen LogP contribution is 2.30. The van der Waals surface area contributed by atoms with E-state index in [0.29, 0.717) is 13.1 Å². The summed E-state index contributed by atoms with van der Waals surface area (Å²) in [5.41, 5.74) is -1.09. The predicted molar refractivity (Wildman–Crippen MR) is 63.0 cm³/mol. The summed E-state index contributed by atoms with van der Waals surface area (Å²) in [6, 6.07) is 0. The number of aliphatic hydroxyl groups excluding tert-OH is 2. The molecule has 1 aliphatic heterocycles. The standard InChI is InChI=1S/C12H23NO4/c1-11(2,3)10(16)17-13-6-4-5-12(7-13,8-14)9-15/h14-15H,4-9H2,1-3H3. The highest BCUT2D eigenvalue weighted by Gasteiger charge is 2.37. The largest absolute Gasteiger partial charge is 0.396 e. The summed E-state index contributed by atoms with van der Waals surface area (Å²) in [6.45, 7) is 6.26. The Labute approximate surface area is 102 Å². The number of rotatable bonds is 3. The molecule has 1 aliphatic rings. The first-order valence-electron chi connectivity index (χ1n) is 6.02. The molecule has 0 bridgehead atoms. The molecule has 1 fully saturated rings. The first kappa shape index (κ1) is 14.4. The lowest BCUT2D eigenvalue weighted by molar-refractivity contribution is -0.218. The Hall–Kier alpha value is -0.650. The minimum Gasteiger partial charge on any atom is -0.396 e. The Kier molecular flexibility index (Phi) is 4.52. The van der Waals surface area contributed by atoms with Crippen molar-refractivity contribution < 1.29 is 19.8 Å². The fourth-order valence-electron chi connectivity index (χ4n) is 1.80. The van der Waals surface area contributed by atoms with Gasteiger partial charge in [-0.05, 0) is 33.6 Å². The van der Waals surface area contributed by atoms with Crippen LogP contribution in [0.3, 0.4) is 0 Å². The molecule has 0 saturated carbocycles. The van der Waals surface area contributed by atoms with Gasteiger partial charge in [0.1, 0.15) is 0 Å². The van der Waals surface area contributed by atoms with Crippen LogP contribution < -0.4 is 0 Å². The average Bonchev–Trinajstić information content (AvgIpc) is 2.28. The molecule has 100 valence electrons. The van der Waals surface area contributed by atoms with Crippen molar-refractivity contribution in [2.24, 2.45) is 10.8 Å². The Morgan fingerprint density at radius 2 is 1.94 bits per heavy atom. The summed E-state index contributed by atoms with van der Waals surface area (Å²) in [4.78, 5) is 17.0. The molecule has 1 saturated heterocycles. The van der Waals surface area contributed by atoms with Crippen LogP contribution in [0.2, 0.25) is 0 Å². The Balaban J connectivity index is 2.59. The molecule has 1 heterocycles. The minimum absolute atomic E-state index is 0.0902. The third-order valence-corrected chi connectivity index (χ3v) is 3.12. The molecular weight excluding hydrogens is 222 g/mol. The van der Waals surface area contributed by atoms with Gasteiger partial charge in [-0.15, -0.1) is 5.06 Å². The maximum absolute atomic E-state index is 11.7. The third kappa shape index (κ3) is 3.66. The van der Waals surface area contributed by atoms with E-state index in [9.17, 15) is 15.0 Å². The van der Waals surface area contributed by atoms with E-state index in [1.54, 1.807) is 25.8 Å². The molecule has 0 atom stereocenters. The summed E-state index contributed by atoms with van der Waals surface area (Å²) in [5, 5.41) is 20.2. The number of piperidine rings is 1. The second-order valence-corrected chi connectivity index (χ2v) is 5.91. The van der Waals surface area contributed by atoms with Gasteiger partial charge in [0.25, 0.3) is 0 Å². The van der Waals surface area contributed by atoms with Crippen LogP contribution in [-0.4, -0.2) is 47.5 Å². The van der Waals surface area contributed by atoms with Crippen molar-refractivity contribution in [3.63, 3.8) is 0 Å². The average molecular weight is 245 g/mol. The normalized spacial score (nSPS) is 21.2. The number of hydroxylamine groups is 2. The molecule has 0 aromatic heterocycles. The molecule has 0 amide bonds. The van der Waals surface area contributed by atoms with Crippen molar-refractivity contribution in [3.8, 4) is 0 Å². The Morgan fingerprint density at radius 3 is 2.41 bits per heavy atom. The predicted octanol–water partition coefficient (Wildman–Crippen LogP) is 0.557. The monoisotopic (exact) mass is 245 g/mol. The topological polar surface area (TPSA) is 70.0 Å². The maximum atomic E-state index is 11.7. The highest BCUT2D eigenvalue weighted by atomic mass is 16.7. The molecule has 0 unspecified atom stereocenters. The van der Waals surface area contributed by atoms with E-state index < -0.39 is 10.8 Å². The summed E-state index contributed by atoms with van der Waals surface area (Å²) >= 11 is 0. The molecular formula is C12H23NO4. The number of carbonyl (C=O) groups is 1. The van der Waals surface area contributed by atoms with Crippen LogP contribution in [-0.2, 0) is 9.63 Å². The maximum Gasteiger partial charge on any atom is 0.330 e. The second-order valence-electron chi connectivity index (χ2n) is 5.91. The summed E-state index contributed by atoms with van der Waals surface area (Å²) in [7, 11) is 0. The number of aliphatic hydroxyl groups is 2. The molecule has 0 radical (unpaired) electrons. The smallest absolute Gasteiger partial charge is 0.330 e. The van der Waals surface area contributed by atoms with Crippen molar-refractivity contribution in [1.82, 2.24) is 5.06 Å². The zero-order valence-corrected chi connectivity index (χ0v) is 10.9. The molecule has 0 spiro atoms. The molecule has 0 aromatic carbocycles. The van der Waals surface area contributed by atoms with Crippen molar-refractivity contribution in [3.05, 3.63) is 0 Å². The van der Waals surface area contributed by atoms with Crippen molar-refractivity contribution in [1.29, 1.82) is 0 Å². The van der Waals surface area contributed by atoms with E-state index in [1.807, 2.05) is 0 Å². The van der Waals surface area contributed by atoms with Crippen LogP contribution in [0.4, 0.5) is 0 Å². The number of hydrogen-bond acceptors (Lipinski definition) is 5. The van der Waals surface area contributed by atoms with Gasteiger partial charge in [0, 0.05) is 18.5 Å². The second kappa shape index (κ2) is 5.33. The molecule has 2 N–H and O–H groups in total. The highest BCUT2D eigenvalue weighted by molar-refractivity contribution is 5.75. The first-order valence-corrected chi connectivity index (χ1v) is 6.02. The lowest BCUT2D eigenvalue weighted by Crippen LogP contribution is -2.49. The summed E-state index contributed by atoms with van der Waals surface area (Å²) in [6.07, 6.45) is 1.56. The molecule has 1 rings (SSSR count). The fourth-order valence-corrected chi connectivity index (χ4v) is 1.80. The number of hydrogen-bond donors (Lipinski definition) is 2. The van der Waals surface area contributed by atoms with Gasteiger partial charge in [-0.1, -0.05) is 0 Å². The lowest BCUT2D eigenvalue weighted by Gasteiger charge is -2.39.